The number of nitrogens with one attached hydrogen (secondary N) is 1. The fourth-order valence-corrected chi connectivity index (χ4v) is 2.95. The number of ether oxygens (including phenoxy) is 1. The van der Waals surface area contributed by atoms with Crippen molar-refractivity contribution in [3.8, 4) is 0 Å². The second-order valence-corrected chi connectivity index (χ2v) is 6.57. The summed E-state index contributed by atoms with van der Waals surface area (Å²) < 4.78 is 6.06. The number of hydrogen-bond donors (Lipinski definition) is 2. The molecule has 1 fully saturated rings. The molecule has 1 heterocycles. The fourth-order valence-electron chi connectivity index (χ4n) is 2.95. The van der Waals surface area contributed by atoms with Crippen LogP contribution in [0.5, 0.6) is 0 Å². The number of carbonyl (C=O) groups excluding carboxylic acids is 1. The van der Waals surface area contributed by atoms with E-state index in [1.165, 1.54) is 0 Å². The number of nitrogens with two attached hydrogens (primary N) is 1. The Balaban J connectivity index is 2.72. The summed E-state index contributed by atoms with van der Waals surface area (Å²) in [5.41, 5.74) is 5.44. The van der Waals surface area contributed by atoms with Gasteiger partial charge >= 0.3 is 0 Å². The van der Waals surface area contributed by atoms with E-state index in [9.17, 15) is 4.79 Å². The standard InChI is InChI=1S/C14H29N3O2/c1-6-16-12(18)7-11(8-15)17-9-13(2,3)19-14(4,5)10-17/h11H,6-10,15H2,1-5H3,(H,16,18). The lowest BCUT2D eigenvalue weighted by atomic mass is 9.96. The average Bonchev–Trinajstić information content (AvgIpc) is 2.21. The van der Waals surface area contributed by atoms with E-state index in [-0.39, 0.29) is 23.2 Å². The highest BCUT2D eigenvalue weighted by Crippen LogP contribution is 2.29. The minimum Gasteiger partial charge on any atom is -0.367 e. The molecular weight excluding hydrogens is 242 g/mol. The summed E-state index contributed by atoms with van der Waals surface area (Å²) >= 11 is 0. The van der Waals surface area contributed by atoms with Gasteiger partial charge in [0.2, 0.25) is 5.91 Å². The number of rotatable bonds is 5. The lowest BCUT2D eigenvalue weighted by Gasteiger charge is -2.49. The normalized spacial score (nSPS) is 23.9. The van der Waals surface area contributed by atoms with E-state index in [1.807, 2.05) is 6.92 Å². The van der Waals surface area contributed by atoms with Crippen molar-refractivity contribution < 1.29 is 9.53 Å². The molecular formula is C14H29N3O2. The fraction of sp³-hybridized carbons (Fsp3) is 0.929. The molecule has 1 atom stereocenters. The van der Waals surface area contributed by atoms with E-state index in [1.54, 1.807) is 0 Å². The number of morpholine rings is 1. The zero-order valence-electron chi connectivity index (χ0n) is 13.0. The van der Waals surface area contributed by atoms with Crippen LogP contribution in [-0.2, 0) is 9.53 Å². The van der Waals surface area contributed by atoms with E-state index in [0.29, 0.717) is 19.5 Å². The van der Waals surface area contributed by atoms with Crippen LogP contribution in [0.25, 0.3) is 0 Å². The highest BCUT2D eigenvalue weighted by Gasteiger charge is 2.40. The van der Waals surface area contributed by atoms with Crippen LogP contribution in [0.4, 0.5) is 0 Å². The first-order valence-corrected chi connectivity index (χ1v) is 7.10. The monoisotopic (exact) mass is 271 g/mol. The van der Waals surface area contributed by atoms with Crippen LogP contribution in [0, 0.1) is 0 Å². The first kappa shape index (κ1) is 16.4. The summed E-state index contributed by atoms with van der Waals surface area (Å²) in [4.78, 5) is 14.0. The molecule has 0 aromatic rings. The molecule has 1 aliphatic heterocycles. The van der Waals surface area contributed by atoms with Crippen LogP contribution in [0.1, 0.15) is 41.0 Å². The van der Waals surface area contributed by atoms with Gasteiger partial charge in [-0.25, -0.2) is 0 Å². The van der Waals surface area contributed by atoms with Gasteiger partial charge in [-0.3, -0.25) is 9.69 Å². The quantitative estimate of drug-likeness (QED) is 0.773. The van der Waals surface area contributed by atoms with Gasteiger partial charge in [0.15, 0.2) is 0 Å². The molecule has 1 rings (SSSR count). The van der Waals surface area contributed by atoms with Crippen LogP contribution in [0.15, 0.2) is 0 Å². The minimum atomic E-state index is -0.212. The molecule has 19 heavy (non-hydrogen) atoms. The summed E-state index contributed by atoms with van der Waals surface area (Å²) in [5, 5.41) is 2.84. The molecule has 0 saturated carbocycles. The number of amides is 1. The Hall–Kier alpha value is -0.650. The molecule has 1 unspecified atom stereocenters. The van der Waals surface area contributed by atoms with Gasteiger partial charge < -0.3 is 15.8 Å². The third-order valence-corrected chi connectivity index (χ3v) is 3.30. The lowest BCUT2D eigenvalue weighted by Crippen LogP contribution is -2.61. The van der Waals surface area contributed by atoms with Crippen molar-refractivity contribution in [2.75, 3.05) is 26.2 Å². The Morgan fingerprint density at radius 3 is 2.26 bits per heavy atom. The van der Waals surface area contributed by atoms with Crippen molar-refractivity contribution in [3.05, 3.63) is 0 Å². The predicted molar refractivity (Wildman–Crippen MR) is 77.0 cm³/mol. The summed E-state index contributed by atoms with van der Waals surface area (Å²) in [6, 6.07) is 0.0778. The zero-order valence-corrected chi connectivity index (χ0v) is 13.0. The summed E-state index contributed by atoms with van der Waals surface area (Å²) in [7, 11) is 0. The molecule has 1 amide bonds. The molecule has 0 spiro atoms. The van der Waals surface area contributed by atoms with E-state index >= 15 is 0 Å². The van der Waals surface area contributed by atoms with E-state index in [0.717, 1.165) is 13.1 Å². The van der Waals surface area contributed by atoms with Gasteiger partial charge in [0, 0.05) is 38.6 Å². The molecule has 0 bridgehead atoms. The van der Waals surface area contributed by atoms with Gasteiger partial charge in [0.05, 0.1) is 11.2 Å². The molecule has 0 aromatic carbocycles. The van der Waals surface area contributed by atoms with Crippen LogP contribution in [0.2, 0.25) is 0 Å². The van der Waals surface area contributed by atoms with Gasteiger partial charge in [-0.15, -0.1) is 0 Å². The predicted octanol–water partition coefficient (Wildman–Crippen LogP) is 0.729. The number of nitrogens with zero attached hydrogens (tertiary/aromatic N) is 1. The molecule has 5 nitrogen and oxygen atoms in total. The van der Waals surface area contributed by atoms with Crippen molar-refractivity contribution >= 4 is 5.91 Å². The van der Waals surface area contributed by atoms with Gasteiger partial charge in [0.25, 0.3) is 0 Å². The van der Waals surface area contributed by atoms with Crippen LogP contribution in [-0.4, -0.2) is 54.2 Å². The maximum absolute atomic E-state index is 11.8. The third kappa shape index (κ3) is 5.09. The van der Waals surface area contributed by atoms with Crippen molar-refractivity contribution in [1.82, 2.24) is 10.2 Å². The van der Waals surface area contributed by atoms with Crippen molar-refractivity contribution in [1.29, 1.82) is 0 Å². The van der Waals surface area contributed by atoms with Gasteiger partial charge in [0.1, 0.15) is 0 Å². The highest BCUT2D eigenvalue weighted by atomic mass is 16.5. The zero-order chi connectivity index (χ0) is 14.7. The molecule has 5 heteroatoms. The molecule has 0 aromatic heterocycles. The van der Waals surface area contributed by atoms with E-state index in [4.69, 9.17) is 10.5 Å². The molecule has 112 valence electrons. The smallest absolute Gasteiger partial charge is 0.221 e. The molecule has 1 aliphatic rings. The van der Waals surface area contributed by atoms with Crippen LogP contribution < -0.4 is 11.1 Å². The maximum atomic E-state index is 11.8. The summed E-state index contributed by atoms with van der Waals surface area (Å²) in [6.45, 7) is 13.0. The molecule has 1 saturated heterocycles. The largest absolute Gasteiger partial charge is 0.367 e. The van der Waals surface area contributed by atoms with Gasteiger partial charge in [-0.2, -0.15) is 0 Å². The molecule has 0 aliphatic carbocycles. The second kappa shape index (κ2) is 6.20. The minimum absolute atomic E-state index is 0.0695. The highest BCUT2D eigenvalue weighted by molar-refractivity contribution is 5.76. The number of carbonyl (C=O) groups is 1. The second-order valence-electron chi connectivity index (χ2n) is 6.57. The van der Waals surface area contributed by atoms with Crippen LogP contribution in [0.3, 0.4) is 0 Å². The maximum Gasteiger partial charge on any atom is 0.221 e. The van der Waals surface area contributed by atoms with Crippen LogP contribution >= 0.6 is 0 Å². The van der Waals surface area contributed by atoms with Crippen molar-refractivity contribution in [2.45, 2.75) is 58.3 Å². The third-order valence-electron chi connectivity index (χ3n) is 3.30. The SMILES string of the molecule is CCNC(=O)CC(CN)N1CC(C)(C)OC(C)(C)C1. The Bertz CT molecular complexity index is 300. The van der Waals surface area contributed by atoms with Crippen molar-refractivity contribution in [2.24, 2.45) is 5.73 Å². The van der Waals surface area contributed by atoms with Crippen molar-refractivity contribution in [3.63, 3.8) is 0 Å². The first-order valence-electron chi connectivity index (χ1n) is 7.10. The summed E-state index contributed by atoms with van der Waals surface area (Å²) in [6.07, 6.45) is 0.455. The Kier molecular flexibility index (Phi) is 5.35. The first-order chi connectivity index (χ1) is 8.69. The molecule has 0 radical (unpaired) electrons. The van der Waals surface area contributed by atoms with Gasteiger partial charge in [-0.05, 0) is 34.6 Å². The topological polar surface area (TPSA) is 67.6 Å². The Labute approximate surface area is 116 Å². The average molecular weight is 271 g/mol. The van der Waals surface area contributed by atoms with E-state index < -0.39 is 0 Å². The Morgan fingerprint density at radius 2 is 1.84 bits per heavy atom. The lowest BCUT2D eigenvalue weighted by molar-refractivity contribution is -0.187. The number of hydrogen-bond acceptors (Lipinski definition) is 4. The Morgan fingerprint density at radius 1 is 1.32 bits per heavy atom. The van der Waals surface area contributed by atoms with Gasteiger partial charge in [-0.1, -0.05) is 0 Å². The molecule has 3 N–H and O–H groups in total. The summed E-state index contributed by atoms with van der Waals surface area (Å²) in [5.74, 6) is 0.0695. The van der Waals surface area contributed by atoms with E-state index in [2.05, 4.69) is 37.9 Å².